The Hall–Kier alpha value is -2.18. The number of halogens is 1. The predicted molar refractivity (Wildman–Crippen MR) is 114 cm³/mol. The minimum atomic E-state index is 0.0377. The first kappa shape index (κ1) is 19.6. The first-order valence-corrected chi connectivity index (χ1v) is 10.4. The van der Waals surface area contributed by atoms with Crippen LogP contribution in [0.25, 0.3) is 6.08 Å². The average molecular weight is 445 g/mol. The normalized spacial score (nSPS) is 11.2. The molecule has 0 saturated carbocycles. The Balaban J connectivity index is 1.76. The van der Waals surface area contributed by atoms with Crippen LogP contribution in [-0.2, 0) is 13.0 Å². The molecule has 2 heterocycles. The highest BCUT2D eigenvalue weighted by molar-refractivity contribution is 9.10. The van der Waals surface area contributed by atoms with Crippen LogP contribution in [-0.4, -0.2) is 22.7 Å². The maximum Gasteiger partial charge on any atom is 0.195 e. The highest BCUT2D eigenvalue weighted by Gasteiger charge is 2.08. The van der Waals surface area contributed by atoms with E-state index in [0.717, 1.165) is 39.1 Å². The summed E-state index contributed by atoms with van der Waals surface area (Å²) in [5.41, 5.74) is 1.96. The molecule has 0 bridgehead atoms. The summed E-state index contributed by atoms with van der Waals surface area (Å²) in [5.74, 6) is 0.836. The topological polar surface area (TPSA) is 44.1 Å². The maximum atomic E-state index is 12.4. The summed E-state index contributed by atoms with van der Waals surface area (Å²) in [5, 5.41) is 4.29. The smallest absolute Gasteiger partial charge is 0.195 e. The summed E-state index contributed by atoms with van der Waals surface area (Å²) in [6.07, 6.45) is 9.26. The number of ketones is 1. The van der Waals surface area contributed by atoms with Crippen molar-refractivity contribution in [3.8, 4) is 5.75 Å². The van der Waals surface area contributed by atoms with Crippen molar-refractivity contribution >= 4 is 39.1 Å². The van der Waals surface area contributed by atoms with Crippen LogP contribution in [0.15, 0.2) is 53.3 Å². The van der Waals surface area contributed by atoms with Gasteiger partial charge in [-0.3, -0.25) is 9.48 Å². The average Bonchev–Trinajstić information content (AvgIpc) is 3.29. The third kappa shape index (κ3) is 5.17. The Morgan fingerprint density at radius 1 is 1.33 bits per heavy atom. The van der Waals surface area contributed by atoms with Gasteiger partial charge in [0.25, 0.3) is 0 Å². The number of methoxy groups -OCH3 is 1. The number of aryl methyl sites for hydroxylation is 1. The molecular weight excluding hydrogens is 424 g/mol. The number of carbonyl (C=O) groups is 1. The molecule has 0 atom stereocenters. The van der Waals surface area contributed by atoms with E-state index in [4.69, 9.17) is 4.74 Å². The molecule has 0 fully saturated rings. The number of allylic oxidation sites excluding steroid dienone is 1. The van der Waals surface area contributed by atoms with Gasteiger partial charge in [0.2, 0.25) is 0 Å². The molecule has 3 rings (SSSR count). The summed E-state index contributed by atoms with van der Waals surface area (Å²) in [4.78, 5) is 14.5. The molecule has 0 amide bonds. The number of aromatic nitrogens is 2. The number of nitrogens with zero attached hydrogens (tertiary/aromatic N) is 2. The fourth-order valence-electron chi connectivity index (χ4n) is 2.77. The Labute approximate surface area is 171 Å². The van der Waals surface area contributed by atoms with Gasteiger partial charge < -0.3 is 4.74 Å². The molecule has 0 unspecified atom stereocenters. The Morgan fingerprint density at radius 2 is 2.19 bits per heavy atom. The van der Waals surface area contributed by atoms with Gasteiger partial charge in [-0.25, -0.2) is 0 Å². The molecule has 0 spiro atoms. The van der Waals surface area contributed by atoms with Gasteiger partial charge in [-0.05, 0) is 58.3 Å². The zero-order valence-corrected chi connectivity index (χ0v) is 17.7. The van der Waals surface area contributed by atoms with Gasteiger partial charge in [-0.15, -0.1) is 11.3 Å². The minimum Gasteiger partial charge on any atom is -0.496 e. The molecule has 3 aromatic rings. The van der Waals surface area contributed by atoms with Gasteiger partial charge in [-0.1, -0.05) is 25.5 Å². The third-order valence-electron chi connectivity index (χ3n) is 4.07. The highest BCUT2D eigenvalue weighted by Crippen LogP contribution is 2.23. The van der Waals surface area contributed by atoms with Crippen LogP contribution in [0.1, 0.15) is 39.0 Å². The molecule has 0 N–H and O–H groups in total. The second kappa shape index (κ2) is 9.15. The van der Waals surface area contributed by atoms with Crippen molar-refractivity contribution in [3.63, 3.8) is 0 Å². The molecule has 2 aromatic heterocycles. The van der Waals surface area contributed by atoms with E-state index >= 15 is 0 Å². The van der Waals surface area contributed by atoms with Gasteiger partial charge in [0, 0.05) is 16.6 Å². The van der Waals surface area contributed by atoms with Crippen LogP contribution in [0, 0.1) is 0 Å². The van der Waals surface area contributed by atoms with E-state index < -0.39 is 0 Å². The molecule has 27 heavy (non-hydrogen) atoms. The van der Waals surface area contributed by atoms with Crippen LogP contribution in [0.5, 0.6) is 5.75 Å². The standard InChI is InChI=1S/C21H21BrN2O2S/c1-3-4-18-7-10-21(27-18)19(25)8-5-15-6-9-20(26-2)16(11-15)13-24-14-17(22)12-23-24/h5-12,14H,3-4,13H2,1-2H3/b8-5+. The molecule has 140 valence electrons. The quantitative estimate of drug-likeness (QED) is 0.334. The molecule has 0 aliphatic carbocycles. The molecule has 0 radical (unpaired) electrons. The highest BCUT2D eigenvalue weighted by atomic mass is 79.9. The Bertz CT molecular complexity index is 959. The monoisotopic (exact) mass is 444 g/mol. The number of rotatable bonds is 8. The van der Waals surface area contributed by atoms with Crippen LogP contribution >= 0.6 is 27.3 Å². The van der Waals surface area contributed by atoms with Crippen molar-refractivity contribution in [3.05, 3.63) is 74.2 Å². The van der Waals surface area contributed by atoms with Crippen molar-refractivity contribution in [1.82, 2.24) is 9.78 Å². The first-order chi connectivity index (χ1) is 13.1. The number of thiophene rings is 1. The van der Waals surface area contributed by atoms with Crippen molar-refractivity contribution in [2.24, 2.45) is 0 Å². The number of benzene rings is 1. The summed E-state index contributed by atoms with van der Waals surface area (Å²) in [7, 11) is 1.65. The zero-order valence-electron chi connectivity index (χ0n) is 15.3. The minimum absolute atomic E-state index is 0.0377. The predicted octanol–water partition coefficient (Wildman–Crippen LogP) is 5.61. The van der Waals surface area contributed by atoms with Gasteiger partial charge in [-0.2, -0.15) is 5.10 Å². The molecule has 0 saturated heterocycles. The zero-order chi connectivity index (χ0) is 19.2. The Kier molecular flexibility index (Phi) is 6.63. The molecular formula is C21H21BrN2O2S. The maximum absolute atomic E-state index is 12.4. The number of hydrogen-bond acceptors (Lipinski definition) is 4. The van der Waals surface area contributed by atoms with E-state index in [1.807, 2.05) is 47.3 Å². The van der Waals surface area contributed by atoms with E-state index in [-0.39, 0.29) is 5.78 Å². The lowest BCUT2D eigenvalue weighted by Crippen LogP contribution is -2.02. The molecule has 1 aromatic carbocycles. The molecule has 6 heteroatoms. The van der Waals surface area contributed by atoms with Crippen LogP contribution < -0.4 is 4.74 Å². The molecule has 0 aliphatic heterocycles. The summed E-state index contributed by atoms with van der Waals surface area (Å²) < 4.78 is 8.22. The lowest BCUT2D eigenvalue weighted by Gasteiger charge is -2.09. The van der Waals surface area contributed by atoms with Crippen molar-refractivity contribution < 1.29 is 9.53 Å². The lowest BCUT2D eigenvalue weighted by molar-refractivity contribution is 0.105. The molecule has 4 nitrogen and oxygen atoms in total. The van der Waals surface area contributed by atoms with Gasteiger partial charge in [0.1, 0.15) is 5.75 Å². The second-order valence-electron chi connectivity index (χ2n) is 6.14. The van der Waals surface area contributed by atoms with Gasteiger partial charge >= 0.3 is 0 Å². The lowest BCUT2D eigenvalue weighted by atomic mass is 10.1. The second-order valence-corrected chi connectivity index (χ2v) is 8.22. The van der Waals surface area contributed by atoms with E-state index in [1.54, 1.807) is 30.7 Å². The van der Waals surface area contributed by atoms with Crippen molar-refractivity contribution in [2.75, 3.05) is 7.11 Å². The fourth-order valence-corrected chi connectivity index (χ4v) is 4.13. The van der Waals surface area contributed by atoms with Crippen LogP contribution in [0.2, 0.25) is 0 Å². The van der Waals surface area contributed by atoms with Gasteiger partial charge in [0.05, 0.1) is 29.2 Å². The van der Waals surface area contributed by atoms with Crippen molar-refractivity contribution in [1.29, 1.82) is 0 Å². The number of hydrogen-bond donors (Lipinski definition) is 0. The SMILES string of the molecule is CCCc1ccc(C(=O)/C=C/c2ccc(OC)c(Cn3cc(Br)cn3)c2)s1. The summed E-state index contributed by atoms with van der Waals surface area (Å²) in [6, 6.07) is 9.85. The first-order valence-electron chi connectivity index (χ1n) is 8.75. The summed E-state index contributed by atoms with van der Waals surface area (Å²) in [6.45, 7) is 2.74. The van der Waals surface area contributed by atoms with Crippen LogP contribution in [0.4, 0.5) is 0 Å². The largest absolute Gasteiger partial charge is 0.496 e. The van der Waals surface area contributed by atoms with E-state index in [2.05, 4.69) is 28.0 Å². The van der Waals surface area contributed by atoms with E-state index in [9.17, 15) is 4.79 Å². The number of ether oxygens (including phenoxy) is 1. The van der Waals surface area contributed by atoms with Crippen molar-refractivity contribution in [2.45, 2.75) is 26.3 Å². The number of carbonyl (C=O) groups excluding carboxylic acids is 1. The fraction of sp³-hybridized carbons (Fsp3) is 0.238. The Morgan fingerprint density at radius 3 is 2.89 bits per heavy atom. The third-order valence-corrected chi connectivity index (χ3v) is 5.64. The van der Waals surface area contributed by atoms with Gasteiger partial charge in [0.15, 0.2) is 5.78 Å². The summed E-state index contributed by atoms with van der Waals surface area (Å²) >= 11 is 4.98. The molecule has 0 aliphatic rings. The van der Waals surface area contributed by atoms with Crippen LogP contribution in [0.3, 0.4) is 0 Å². The van der Waals surface area contributed by atoms with E-state index in [1.165, 1.54) is 4.88 Å². The van der Waals surface area contributed by atoms with E-state index in [0.29, 0.717) is 6.54 Å².